The summed E-state index contributed by atoms with van der Waals surface area (Å²) in [5, 5.41) is 87.0. The fourth-order valence-electron chi connectivity index (χ4n) is 9.28. The lowest BCUT2D eigenvalue weighted by Gasteiger charge is -2.46. The molecule has 14 nitrogen and oxygen atoms in total. The van der Waals surface area contributed by atoms with Crippen LogP contribution in [0.3, 0.4) is 0 Å². The van der Waals surface area contributed by atoms with Crippen molar-refractivity contribution >= 4 is 5.91 Å². The molecule has 0 aromatic carbocycles. The van der Waals surface area contributed by atoms with Gasteiger partial charge in [-0.1, -0.05) is 197 Å². The molecule has 0 radical (unpaired) electrons. The molecule has 2 saturated heterocycles. The van der Waals surface area contributed by atoms with E-state index in [2.05, 4.69) is 55.6 Å². The van der Waals surface area contributed by atoms with E-state index in [1.807, 2.05) is 6.08 Å². The van der Waals surface area contributed by atoms with Gasteiger partial charge in [-0.15, -0.1) is 0 Å². The Bertz CT molecular complexity index is 1390. The van der Waals surface area contributed by atoms with E-state index in [0.29, 0.717) is 12.8 Å². The second kappa shape index (κ2) is 44.1. The van der Waals surface area contributed by atoms with Gasteiger partial charge in [-0.05, 0) is 64.2 Å². The average Bonchev–Trinajstić information content (AvgIpc) is 3.38. The van der Waals surface area contributed by atoms with Crippen molar-refractivity contribution in [1.29, 1.82) is 0 Å². The minimum Gasteiger partial charge on any atom is -0.394 e. The van der Waals surface area contributed by atoms with E-state index < -0.39 is 86.8 Å². The lowest BCUT2D eigenvalue weighted by molar-refractivity contribution is -0.359. The van der Waals surface area contributed by atoms with Crippen LogP contribution in [-0.2, 0) is 23.7 Å². The third-order valence-electron chi connectivity index (χ3n) is 14.0. The highest BCUT2D eigenvalue weighted by Crippen LogP contribution is 2.30. The molecule has 2 rings (SSSR count). The number of rotatable bonds is 45. The van der Waals surface area contributed by atoms with Gasteiger partial charge in [0.2, 0.25) is 5.91 Å². The maximum atomic E-state index is 13.2. The van der Waals surface area contributed by atoms with Crippen LogP contribution in [0, 0.1) is 0 Å². The zero-order valence-corrected chi connectivity index (χ0v) is 44.9. The van der Waals surface area contributed by atoms with Crippen molar-refractivity contribution in [2.24, 2.45) is 0 Å². The van der Waals surface area contributed by atoms with Crippen molar-refractivity contribution < 1.29 is 64.6 Å². The van der Waals surface area contributed by atoms with Crippen LogP contribution in [0.25, 0.3) is 0 Å². The number of amides is 1. The summed E-state index contributed by atoms with van der Waals surface area (Å²) in [5.41, 5.74) is 0. The molecule has 0 saturated carbocycles. The number of ether oxygens (including phenoxy) is 4. The molecule has 0 spiro atoms. The average molecular weight is 1020 g/mol. The van der Waals surface area contributed by atoms with Crippen molar-refractivity contribution in [1.82, 2.24) is 5.32 Å². The summed E-state index contributed by atoms with van der Waals surface area (Å²) in [4.78, 5) is 13.2. The van der Waals surface area contributed by atoms with Crippen LogP contribution >= 0.6 is 0 Å². The van der Waals surface area contributed by atoms with E-state index in [9.17, 15) is 45.6 Å². The molecule has 2 heterocycles. The summed E-state index contributed by atoms with van der Waals surface area (Å²) in [6.07, 6.45) is 37.1. The van der Waals surface area contributed by atoms with E-state index in [0.717, 1.165) is 44.9 Å². The Hall–Kier alpha value is -2.05. The topological polar surface area (TPSA) is 228 Å². The fraction of sp³-hybridized carbons (Fsp3) is 0.845. The highest BCUT2D eigenvalue weighted by Gasteiger charge is 2.51. The summed E-state index contributed by atoms with van der Waals surface area (Å²) in [5.74, 6) is -0.254. The van der Waals surface area contributed by atoms with E-state index in [-0.39, 0.29) is 18.9 Å². The maximum Gasteiger partial charge on any atom is 0.220 e. The Labute approximate surface area is 435 Å². The Morgan fingerprint density at radius 1 is 0.500 bits per heavy atom. The second-order valence-electron chi connectivity index (χ2n) is 20.4. The SMILES string of the molecule is CCCCCCC/C=C\C/C=C\CCCCCCCCCCCC(=O)NC(COC1OC(CO)C(OC2OC(CO)C(O)C(O)C2O)C(O)C1O)C(O)/C=C/CC/C=C/CCCCCCCCCCCCC. The van der Waals surface area contributed by atoms with Crippen LogP contribution in [0.5, 0.6) is 0 Å². The Balaban J connectivity index is 1.80. The maximum absolute atomic E-state index is 13.2. The lowest BCUT2D eigenvalue weighted by Crippen LogP contribution is -2.65. The van der Waals surface area contributed by atoms with Crippen LogP contribution in [0.15, 0.2) is 48.6 Å². The van der Waals surface area contributed by atoms with E-state index >= 15 is 0 Å². The van der Waals surface area contributed by atoms with Gasteiger partial charge in [0.1, 0.15) is 48.8 Å². The van der Waals surface area contributed by atoms with Gasteiger partial charge in [0.25, 0.3) is 0 Å². The highest BCUT2D eigenvalue weighted by atomic mass is 16.7. The molecule has 2 aliphatic rings. The molecule has 72 heavy (non-hydrogen) atoms. The number of allylic oxidation sites excluding steroid dienone is 7. The van der Waals surface area contributed by atoms with Gasteiger partial charge in [0, 0.05) is 6.42 Å². The number of unbranched alkanes of at least 4 members (excludes halogenated alkanes) is 26. The normalized spacial score (nSPS) is 25.9. The number of carbonyl (C=O) groups excluding carboxylic acids is 1. The second-order valence-corrected chi connectivity index (χ2v) is 20.4. The molecule has 0 aliphatic carbocycles. The van der Waals surface area contributed by atoms with Crippen molar-refractivity contribution in [3.8, 4) is 0 Å². The molecule has 12 unspecified atom stereocenters. The van der Waals surface area contributed by atoms with Gasteiger partial charge < -0.3 is 65.1 Å². The smallest absolute Gasteiger partial charge is 0.220 e. The zero-order valence-electron chi connectivity index (χ0n) is 44.9. The van der Waals surface area contributed by atoms with E-state index in [1.54, 1.807) is 6.08 Å². The third kappa shape index (κ3) is 29.9. The summed E-state index contributed by atoms with van der Waals surface area (Å²) in [6.45, 7) is 2.77. The lowest BCUT2D eigenvalue weighted by atomic mass is 9.97. The summed E-state index contributed by atoms with van der Waals surface area (Å²) in [6, 6.07) is -0.934. The molecule has 1 amide bonds. The largest absolute Gasteiger partial charge is 0.394 e. The first-order chi connectivity index (χ1) is 35.1. The molecule has 12 atom stereocenters. The Morgan fingerprint density at radius 3 is 1.44 bits per heavy atom. The van der Waals surface area contributed by atoms with Crippen molar-refractivity contribution in [3.63, 3.8) is 0 Å². The number of hydrogen-bond acceptors (Lipinski definition) is 13. The molecule has 2 fully saturated rings. The van der Waals surface area contributed by atoms with E-state index in [1.165, 1.54) is 141 Å². The molecular formula is C58H105NO13. The summed E-state index contributed by atoms with van der Waals surface area (Å²) in [7, 11) is 0. The molecule has 0 bridgehead atoms. The predicted molar refractivity (Wildman–Crippen MR) is 286 cm³/mol. The minimum atomic E-state index is -1.79. The number of aliphatic hydroxyl groups is 8. The summed E-state index contributed by atoms with van der Waals surface area (Å²) >= 11 is 0. The van der Waals surface area contributed by atoms with Gasteiger partial charge in [-0.2, -0.15) is 0 Å². The molecular weight excluding hydrogens is 919 g/mol. The molecule has 0 aromatic rings. The number of aliphatic hydroxyl groups excluding tert-OH is 8. The van der Waals surface area contributed by atoms with Crippen molar-refractivity contribution in [2.75, 3.05) is 19.8 Å². The van der Waals surface area contributed by atoms with Gasteiger partial charge in [0.05, 0.1) is 32.0 Å². The summed E-state index contributed by atoms with van der Waals surface area (Å²) < 4.78 is 22.7. The fourth-order valence-corrected chi connectivity index (χ4v) is 9.28. The van der Waals surface area contributed by atoms with Crippen LogP contribution < -0.4 is 5.32 Å². The molecule has 0 aromatic heterocycles. The predicted octanol–water partition coefficient (Wildman–Crippen LogP) is 9.22. The van der Waals surface area contributed by atoms with Crippen molar-refractivity contribution in [3.05, 3.63) is 48.6 Å². The van der Waals surface area contributed by atoms with Crippen molar-refractivity contribution in [2.45, 2.75) is 293 Å². The Kier molecular flexibility index (Phi) is 40.5. The number of carbonyl (C=O) groups is 1. The van der Waals surface area contributed by atoms with Crippen LogP contribution in [0.4, 0.5) is 0 Å². The minimum absolute atomic E-state index is 0.254. The molecule has 420 valence electrons. The molecule has 2 aliphatic heterocycles. The zero-order chi connectivity index (χ0) is 52.4. The van der Waals surface area contributed by atoms with Crippen LogP contribution in [0.1, 0.15) is 219 Å². The third-order valence-corrected chi connectivity index (χ3v) is 14.0. The highest BCUT2D eigenvalue weighted by molar-refractivity contribution is 5.76. The first kappa shape index (κ1) is 66.1. The van der Waals surface area contributed by atoms with Gasteiger partial charge in [0.15, 0.2) is 12.6 Å². The monoisotopic (exact) mass is 1020 g/mol. The first-order valence-electron chi connectivity index (χ1n) is 28.9. The Morgan fingerprint density at radius 2 is 0.931 bits per heavy atom. The molecule has 14 heteroatoms. The first-order valence-corrected chi connectivity index (χ1v) is 28.9. The van der Waals surface area contributed by atoms with Crippen LogP contribution in [0.2, 0.25) is 0 Å². The van der Waals surface area contributed by atoms with E-state index in [4.69, 9.17) is 18.9 Å². The number of nitrogens with one attached hydrogen (secondary N) is 1. The van der Waals surface area contributed by atoms with Gasteiger partial charge in [-0.3, -0.25) is 4.79 Å². The standard InChI is InChI=1S/C58H105NO13/c1-3-5-7-9-11-13-15-17-19-21-22-23-24-26-28-30-32-34-36-38-40-42-50(63)59-46(47(62)41-39-37-35-33-31-29-27-25-20-18-16-14-12-10-8-6-4-2)45-69-57-55(68)53(66)56(49(44-61)71-57)72-58-54(67)52(65)51(64)48(43-60)70-58/h15,17,21-22,31,33,39,41,46-49,51-58,60-62,64-68H,3-14,16,18-20,23-30,32,34-38,40,42-45H2,1-2H3,(H,59,63)/b17-15-,22-21-,33-31+,41-39+. The van der Waals surface area contributed by atoms with Crippen LogP contribution in [-0.4, -0.2) is 140 Å². The number of hydrogen-bond donors (Lipinski definition) is 9. The quantitative estimate of drug-likeness (QED) is 0.0205. The van der Waals surface area contributed by atoms with Gasteiger partial charge >= 0.3 is 0 Å². The van der Waals surface area contributed by atoms with Gasteiger partial charge in [-0.25, -0.2) is 0 Å². The molecule has 9 N–H and O–H groups in total.